The maximum Gasteiger partial charge on any atom is 0.290 e. The van der Waals surface area contributed by atoms with Gasteiger partial charge in [-0.2, -0.15) is 8.78 Å². The Kier molecular flexibility index (Phi) is 6.50. The lowest BCUT2D eigenvalue weighted by Crippen LogP contribution is -2.51. The molecule has 1 atom stereocenters. The molecule has 0 saturated carbocycles. The first kappa shape index (κ1) is 22.7. The van der Waals surface area contributed by atoms with Gasteiger partial charge in [0.05, 0.1) is 11.8 Å². The molecule has 0 spiro atoms. The Balaban J connectivity index is 0.000000444. The maximum atomic E-state index is 14.4. The van der Waals surface area contributed by atoms with Crippen molar-refractivity contribution in [2.75, 3.05) is 38.8 Å². The van der Waals surface area contributed by atoms with Crippen LogP contribution in [0.1, 0.15) is 41.3 Å². The number of alkyl halides is 2. The van der Waals surface area contributed by atoms with Gasteiger partial charge in [0.25, 0.3) is 5.92 Å². The Morgan fingerprint density at radius 3 is 2.72 bits per heavy atom. The van der Waals surface area contributed by atoms with Crippen LogP contribution in [0.25, 0.3) is 11.3 Å². The average molecular weight is 446 g/mol. The molecule has 32 heavy (non-hydrogen) atoms. The number of nitrogens with one attached hydrogen (secondary N) is 1. The standard InChI is InChI=1S/C20H22F2N4O.C3H6O2/c1-23-16-5-3-11-8-12(2-4-14(11)16)17-15-6-7-20(21,22)18(15)25-19(24-17)26-9-13(27)10-26;1-5-3-2-4/h2,4,8,13,16,23,27H,3,5-7,9-10H2,1H3;2H,3H2,1H3. The maximum absolute atomic E-state index is 14.4. The Morgan fingerprint density at radius 2 is 2.09 bits per heavy atom. The summed E-state index contributed by atoms with van der Waals surface area (Å²) >= 11 is 0. The molecule has 0 bridgehead atoms. The van der Waals surface area contributed by atoms with Crippen molar-refractivity contribution in [3.63, 3.8) is 0 Å². The molecule has 2 aliphatic carbocycles. The van der Waals surface area contributed by atoms with Gasteiger partial charge in [0.2, 0.25) is 5.95 Å². The van der Waals surface area contributed by atoms with Gasteiger partial charge < -0.3 is 24.9 Å². The van der Waals surface area contributed by atoms with Crippen LogP contribution in [0.2, 0.25) is 0 Å². The number of anilines is 1. The van der Waals surface area contributed by atoms with Crippen molar-refractivity contribution in [1.82, 2.24) is 15.3 Å². The smallest absolute Gasteiger partial charge is 0.290 e. The number of carbonyl (C=O) groups excluding carboxylic acids is 1. The summed E-state index contributed by atoms with van der Waals surface area (Å²) in [6.07, 6.45) is 2.36. The molecule has 2 N–H and O–H groups in total. The number of benzene rings is 1. The molecule has 7 nitrogen and oxygen atoms in total. The highest BCUT2D eigenvalue weighted by Gasteiger charge is 2.44. The lowest BCUT2D eigenvalue weighted by atomic mass is 9.99. The van der Waals surface area contributed by atoms with E-state index >= 15 is 0 Å². The van der Waals surface area contributed by atoms with Crippen LogP contribution in [0, 0.1) is 0 Å². The van der Waals surface area contributed by atoms with Crippen molar-refractivity contribution in [2.24, 2.45) is 0 Å². The fraction of sp³-hybridized carbons (Fsp3) is 0.522. The van der Waals surface area contributed by atoms with E-state index in [2.05, 4.69) is 32.2 Å². The van der Waals surface area contributed by atoms with Crippen LogP contribution >= 0.6 is 0 Å². The summed E-state index contributed by atoms with van der Waals surface area (Å²) in [5, 5.41) is 12.9. The quantitative estimate of drug-likeness (QED) is 0.682. The summed E-state index contributed by atoms with van der Waals surface area (Å²) < 4.78 is 33.2. The van der Waals surface area contributed by atoms with Gasteiger partial charge in [0, 0.05) is 43.8 Å². The number of aldehydes is 1. The molecule has 1 saturated heterocycles. The van der Waals surface area contributed by atoms with Crippen molar-refractivity contribution in [3.05, 3.63) is 40.6 Å². The van der Waals surface area contributed by atoms with Crippen LogP contribution in [0.15, 0.2) is 18.2 Å². The van der Waals surface area contributed by atoms with Crippen LogP contribution < -0.4 is 10.2 Å². The lowest BCUT2D eigenvalue weighted by molar-refractivity contribution is -0.110. The van der Waals surface area contributed by atoms with Crippen LogP contribution in [-0.2, 0) is 28.3 Å². The van der Waals surface area contributed by atoms with E-state index in [1.54, 1.807) is 4.90 Å². The SMILES string of the molecule is CNC1CCc2cc(-c3nc(N4CC(O)C4)nc4c3CCC4(F)F)ccc21.COCC=O. The van der Waals surface area contributed by atoms with E-state index in [1.807, 2.05) is 13.1 Å². The predicted molar refractivity (Wildman–Crippen MR) is 116 cm³/mol. The molecule has 1 aromatic carbocycles. The molecule has 5 rings (SSSR count). The van der Waals surface area contributed by atoms with Crippen LogP contribution in [0.3, 0.4) is 0 Å². The Hall–Kier alpha value is -2.49. The third-order valence-corrected chi connectivity index (χ3v) is 6.25. The first-order valence-electron chi connectivity index (χ1n) is 10.8. The number of hydrogen-bond acceptors (Lipinski definition) is 7. The number of aromatic nitrogens is 2. The van der Waals surface area contributed by atoms with Gasteiger partial charge >= 0.3 is 0 Å². The fourth-order valence-electron chi connectivity index (χ4n) is 4.54. The summed E-state index contributed by atoms with van der Waals surface area (Å²) in [6, 6.07) is 6.53. The Bertz CT molecular complexity index is 995. The highest BCUT2D eigenvalue weighted by Crippen LogP contribution is 2.45. The summed E-state index contributed by atoms with van der Waals surface area (Å²) in [7, 11) is 3.44. The van der Waals surface area contributed by atoms with Crippen molar-refractivity contribution in [1.29, 1.82) is 0 Å². The zero-order chi connectivity index (χ0) is 22.9. The second-order valence-electron chi connectivity index (χ2n) is 8.38. The first-order chi connectivity index (χ1) is 15.4. The number of hydrogen-bond donors (Lipinski definition) is 2. The van der Waals surface area contributed by atoms with E-state index in [9.17, 15) is 18.7 Å². The molecular formula is C23H28F2N4O3. The third-order valence-electron chi connectivity index (χ3n) is 6.25. The van der Waals surface area contributed by atoms with Gasteiger partial charge in [0.15, 0.2) is 0 Å². The van der Waals surface area contributed by atoms with Gasteiger partial charge in [-0.1, -0.05) is 12.1 Å². The minimum atomic E-state index is -2.92. The van der Waals surface area contributed by atoms with Crippen LogP contribution in [0.5, 0.6) is 0 Å². The average Bonchev–Trinajstić information content (AvgIpc) is 3.31. The first-order valence-corrected chi connectivity index (χ1v) is 10.8. The fourth-order valence-corrected chi connectivity index (χ4v) is 4.54. The van der Waals surface area contributed by atoms with Crippen LogP contribution in [0.4, 0.5) is 14.7 Å². The third kappa shape index (κ3) is 4.24. The second-order valence-corrected chi connectivity index (χ2v) is 8.38. The monoisotopic (exact) mass is 446 g/mol. The summed E-state index contributed by atoms with van der Waals surface area (Å²) in [4.78, 5) is 19.9. The number of carbonyl (C=O) groups is 1. The number of methoxy groups -OCH3 is 1. The van der Waals surface area contributed by atoms with Crippen molar-refractivity contribution < 1.29 is 23.4 Å². The number of β-amino-alcohol motifs (C(OH)–C–C–N with tert-alkyl or cyclic N) is 1. The topological polar surface area (TPSA) is 87.6 Å². The lowest BCUT2D eigenvalue weighted by Gasteiger charge is -2.36. The van der Waals surface area contributed by atoms with Crippen LogP contribution in [-0.4, -0.2) is 61.3 Å². The molecule has 1 unspecified atom stereocenters. The zero-order valence-corrected chi connectivity index (χ0v) is 18.3. The summed E-state index contributed by atoms with van der Waals surface area (Å²) in [6.45, 7) is 0.982. The minimum absolute atomic E-state index is 0.141. The molecule has 1 aliphatic heterocycles. The molecule has 1 fully saturated rings. The number of aliphatic hydroxyl groups is 1. The molecule has 2 heterocycles. The van der Waals surface area contributed by atoms with E-state index in [0.29, 0.717) is 42.6 Å². The number of nitrogens with zero attached hydrogens (tertiary/aromatic N) is 3. The molecule has 3 aliphatic rings. The predicted octanol–water partition coefficient (Wildman–Crippen LogP) is 2.40. The number of rotatable bonds is 5. The minimum Gasteiger partial charge on any atom is -0.389 e. The zero-order valence-electron chi connectivity index (χ0n) is 18.3. The van der Waals surface area contributed by atoms with Gasteiger partial charge in [0.1, 0.15) is 18.6 Å². The highest BCUT2D eigenvalue weighted by atomic mass is 19.3. The number of halogens is 2. The van der Waals surface area contributed by atoms with E-state index in [4.69, 9.17) is 0 Å². The molecule has 1 aromatic heterocycles. The number of ether oxygens (including phenoxy) is 1. The molecule has 9 heteroatoms. The van der Waals surface area contributed by atoms with E-state index in [1.165, 1.54) is 18.2 Å². The van der Waals surface area contributed by atoms with E-state index in [-0.39, 0.29) is 25.1 Å². The highest BCUT2D eigenvalue weighted by molar-refractivity contribution is 5.69. The van der Waals surface area contributed by atoms with Crippen molar-refractivity contribution in [2.45, 2.75) is 43.8 Å². The Morgan fingerprint density at radius 1 is 1.31 bits per heavy atom. The van der Waals surface area contributed by atoms with Crippen molar-refractivity contribution in [3.8, 4) is 11.3 Å². The molecule has 172 valence electrons. The largest absolute Gasteiger partial charge is 0.389 e. The molecule has 0 radical (unpaired) electrons. The van der Waals surface area contributed by atoms with Gasteiger partial charge in [-0.15, -0.1) is 0 Å². The molecule has 0 amide bonds. The molecule has 2 aromatic rings. The van der Waals surface area contributed by atoms with Crippen molar-refractivity contribution >= 4 is 12.2 Å². The Labute approximate surface area is 185 Å². The van der Waals surface area contributed by atoms with E-state index in [0.717, 1.165) is 18.4 Å². The number of aryl methyl sites for hydroxylation is 1. The summed E-state index contributed by atoms with van der Waals surface area (Å²) in [5.41, 5.74) is 4.45. The number of fused-ring (bicyclic) bond motifs is 2. The van der Waals surface area contributed by atoms with Gasteiger partial charge in [-0.25, -0.2) is 9.97 Å². The van der Waals surface area contributed by atoms with Gasteiger partial charge in [-0.3, -0.25) is 0 Å². The normalized spacial score (nSPS) is 20.8. The molecular weight excluding hydrogens is 418 g/mol. The van der Waals surface area contributed by atoms with E-state index < -0.39 is 12.0 Å². The van der Waals surface area contributed by atoms with Gasteiger partial charge in [-0.05, 0) is 43.5 Å². The summed E-state index contributed by atoms with van der Waals surface area (Å²) in [5.74, 6) is -2.62. The number of aliphatic hydroxyl groups excluding tert-OH is 1. The second kappa shape index (κ2) is 9.17.